The van der Waals surface area contributed by atoms with Crippen molar-refractivity contribution in [1.29, 1.82) is 0 Å². The van der Waals surface area contributed by atoms with Gasteiger partial charge in [0.1, 0.15) is 0 Å². The highest BCUT2D eigenvalue weighted by Crippen LogP contribution is 2.19. The first-order valence-electron chi connectivity index (χ1n) is 6.70. The first-order valence-corrected chi connectivity index (χ1v) is 6.70. The number of benzene rings is 1. The van der Waals surface area contributed by atoms with Crippen LogP contribution in [0.1, 0.15) is 36.6 Å². The van der Waals surface area contributed by atoms with Crippen molar-refractivity contribution >= 4 is 0 Å². The molecule has 0 bridgehead atoms. The molecule has 1 heterocycles. The summed E-state index contributed by atoms with van der Waals surface area (Å²) >= 11 is 0. The van der Waals surface area contributed by atoms with Gasteiger partial charge in [-0.25, -0.2) is 0 Å². The Morgan fingerprint density at radius 1 is 1.11 bits per heavy atom. The molecule has 1 atom stereocenters. The number of nitrogens with zero attached hydrogens (tertiary/aromatic N) is 1. The first-order chi connectivity index (χ1) is 9.10. The van der Waals surface area contributed by atoms with E-state index in [4.69, 9.17) is 10.8 Å². The van der Waals surface area contributed by atoms with E-state index in [1.54, 1.807) is 0 Å². The Kier molecular flexibility index (Phi) is 4.40. The average molecular weight is 258 g/mol. The summed E-state index contributed by atoms with van der Waals surface area (Å²) in [6, 6.07) is 10.2. The van der Waals surface area contributed by atoms with Gasteiger partial charge in [-0.1, -0.05) is 38.1 Å². The first kappa shape index (κ1) is 13.8. The van der Waals surface area contributed by atoms with Gasteiger partial charge in [-0.15, -0.1) is 0 Å². The summed E-state index contributed by atoms with van der Waals surface area (Å²) in [6.45, 7) is 5.19. The minimum Gasteiger partial charge on any atom is -0.392 e. The van der Waals surface area contributed by atoms with Gasteiger partial charge in [0, 0.05) is 25.0 Å². The molecule has 1 unspecified atom stereocenters. The average Bonchev–Trinajstić information content (AvgIpc) is 2.87. The number of rotatable bonds is 5. The molecule has 0 saturated carbocycles. The van der Waals surface area contributed by atoms with Crippen LogP contribution in [-0.2, 0) is 13.2 Å². The maximum absolute atomic E-state index is 9.02. The number of aromatic nitrogens is 1. The molecule has 102 valence electrons. The predicted molar refractivity (Wildman–Crippen MR) is 77.7 cm³/mol. The summed E-state index contributed by atoms with van der Waals surface area (Å²) in [6.07, 6.45) is 4.18. The Labute approximate surface area is 114 Å². The zero-order valence-corrected chi connectivity index (χ0v) is 11.6. The maximum atomic E-state index is 9.02. The lowest BCUT2D eigenvalue weighted by Gasteiger charge is -2.13. The van der Waals surface area contributed by atoms with Crippen molar-refractivity contribution in [3.63, 3.8) is 0 Å². The van der Waals surface area contributed by atoms with Crippen molar-refractivity contribution in [3.8, 4) is 0 Å². The molecule has 3 nitrogen and oxygen atoms in total. The van der Waals surface area contributed by atoms with Crippen LogP contribution in [-0.4, -0.2) is 9.67 Å². The Balaban J connectivity index is 2.06. The van der Waals surface area contributed by atoms with E-state index in [2.05, 4.69) is 36.9 Å². The molecule has 0 spiro atoms. The van der Waals surface area contributed by atoms with Gasteiger partial charge in [0.25, 0.3) is 0 Å². The minimum atomic E-state index is 0.0944. The molecule has 19 heavy (non-hydrogen) atoms. The molecule has 0 saturated heterocycles. The van der Waals surface area contributed by atoms with Gasteiger partial charge in [0.2, 0.25) is 0 Å². The smallest absolute Gasteiger partial charge is 0.0681 e. The van der Waals surface area contributed by atoms with Crippen molar-refractivity contribution < 1.29 is 5.11 Å². The van der Waals surface area contributed by atoms with E-state index in [0.29, 0.717) is 5.92 Å². The molecule has 0 aliphatic carbocycles. The number of aliphatic hydroxyl groups is 1. The van der Waals surface area contributed by atoms with E-state index in [9.17, 15) is 0 Å². The van der Waals surface area contributed by atoms with Crippen LogP contribution in [0.3, 0.4) is 0 Å². The van der Waals surface area contributed by atoms with Crippen LogP contribution < -0.4 is 5.73 Å². The third-order valence-electron chi connectivity index (χ3n) is 3.45. The third kappa shape index (κ3) is 3.46. The summed E-state index contributed by atoms with van der Waals surface area (Å²) in [5, 5.41) is 9.02. The summed E-state index contributed by atoms with van der Waals surface area (Å²) in [5.74, 6) is 0.444. The highest BCUT2D eigenvalue weighted by atomic mass is 16.3. The van der Waals surface area contributed by atoms with Crippen molar-refractivity contribution in [2.75, 3.05) is 0 Å². The second kappa shape index (κ2) is 6.04. The van der Waals surface area contributed by atoms with E-state index in [0.717, 1.165) is 12.1 Å². The van der Waals surface area contributed by atoms with Crippen LogP contribution in [0, 0.1) is 5.92 Å². The van der Waals surface area contributed by atoms with Gasteiger partial charge >= 0.3 is 0 Å². The zero-order chi connectivity index (χ0) is 13.8. The maximum Gasteiger partial charge on any atom is 0.0681 e. The van der Waals surface area contributed by atoms with Gasteiger partial charge in [-0.2, -0.15) is 0 Å². The van der Waals surface area contributed by atoms with Crippen LogP contribution in [0.4, 0.5) is 0 Å². The molecular weight excluding hydrogens is 236 g/mol. The number of hydrogen-bond donors (Lipinski definition) is 2. The molecule has 1 aromatic heterocycles. The van der Waals surface area contributed by atoms with Gasteiger partial charge in [-0.3, -0.25) is 0 Å². The SMILES string of the molecule is CC(C)C(N)c1ccn(Cc2ccc(CO)cc2)c1. The highest BCUT2D eigenvalue weighted by Gasteiger charge is 2.11. The Morgan fingerprint density at radius 2 is 1.74 bits per heavy atom. The van der Waals surface area contributed by atoms with Crippen LogP contribution in [0.15, 0.2) is 42.7 Å². The Hall–Kier alpha value is -1.58. The van der Waals surface area contributed by atoms with E-state index in [-0.39, 0.29) is 12.6 Å². The van der Waals surface area contributed by atoms with Crippen LogP contribution in [0.25, 0.3) is 0 Å². The van der Waals surface area contributed by atoms with E-state index in [1.165, 1.54) is 11.1 Å². The molecule has 0 fully saturated rings. The number of aliphatic hydroxyl groups excluding tert-OH is 1. The topological polar surface area (TPSA) is 51.2 Å². The summed E-state index contributed by atoms with van der Waals surface area (Å²) in [4.78, 5) is 0. The fourth-order valence-electron chi connectivity index (χ4n) is 2.10. The second-order valence-electron chi connectivity index (χ2n) is 5.36. The lowest BCUT2D eigenvalue weighted by molar-refractivity contribution is 0.282. The molecule has 1 aromatic carbocycles. The van der Waals surface area contributed by atoms with Crippen molar-refractivity contribution in [2.24, 2.45) is 11.7 Å². The normalized spacial score (nSPS) is 12.9. The molecular formula is C16H22N2O. The van der Waals surface area contributed by atoms with Gasteiger partial charge < -0.3 is 15.4 Å². The van der Waals surface area contributed by atoms with Crippen molar-refractivity contribution in [2.45, 2.75) is 33.0 Å². The molecule has 2 aromatic rings. The predicted octanol–water partition coefficient (Wildman–Crippen LogP) is 2.68. The van der Waals surface area contributed by atoms with Crippen molar-refractivity contribution in [1.82, 2.24) is 4.57 Å². The quantitative estimate of drug-likeness (QED) is 0.866. The van der Waals surface area contributed by atoms with E-state index in [1.807, 2.05) is 24.3 Å². The molecule has 0 aliphatic heterocycles. The Bertz CT molecular complexity index is 514. The Morgan fingerprint density at radius 3 is 2.32 bits per heavy atom. The summed E-state index contributed by atoms with van der Waals surface area (Å²) in [5.41, 5.74) is 9.49. The molecule has 2 rings (SSSR count). The van der Waals surface area contributed by atoms with Crippen molar-refractivity contribution in [3.05, 3.63) is 59.4 Å². The lowest BCUT2D eigenvalue weighted by Crippen LogP contribution is -2.15. The largest absolute Gasteiger partial charge is 0.392 e. The van der Waals surface area contributed by atoms with E-state index >= 15 is 0 Å². The lowest BCUT2D eigenvalue weighted by atomic mass is 10.00. The second-order valence-corrected chi connectivity index (χ2v) is 5.36. The number of hydrogen-bond acceptors (Lipinski definition) is 2. The molecule has 3 heteroatoms. The zero-order valence-electron chi connectivity index (χ0n) is 11.6. The van der Waals surface area contributed by atoms with Gasteiger partial charge in [-0.05, 0) is 28.7 Å². The van der Waals surface area contributed by atoms with Crippen LogP contribution in [0.2, 0.25) is 0 Å². The minimum absolute atomic E-state index is 0.0944. The fourth-order valence-corrected chi connectivity index (χ4v) is 2.10. The third-order valence-corrected chi connectivity index (χ3v) is 3.45. The molecule has 0 radical (unpaired) electrons. The monoisotopic (exact) mass is 258 g/mol. The summed E-state index contributed by atoms with van der Waals surface area (Å²) in [7, 11) is 0. The molecule has 3 N–H and O–H groups in total. The van der Waals surface area contributed by atoms with Crippen LogP contribution in [0.5, 0.6) is 0 Å². The van der Waals surface area contributed by atoms with Gasteiger partial charge in [0.15, 0.2) is 0 Å². The molecule has 0 aliphatic rings. The molecule has 0 amide bonds. The highest BCUT2D eigenvalue weighted by molar-refractivity contribution is 5.23. The summed E-state index contributed by atoms with van der Waals surface area (Å²) < 4.78 is 2.14. The van der Waals surface area contributed by atoms with E-state index < -0.39 is 0 Å². The van der Waals surface area contributed by atoms with Crippen LogP contribution >= 0.6 is 0 Å². The standard InChI is InChI=1S/C16H22N2O/c1-12(2)16(17)15-7-8-18(10-15)9-13-3-5-14(11-19)6-4-13/h3-8,10,12,16,19H,9,11,17H2,1-2H3. The number of nitrogens with two attached hydrogens (primary N) is 1. The van der Waals surface area contributed by atoms with Gasteiger partial charge in [0.05, 0.1) is 6.61 Å². The fraction of sp³-hybridized carbons (Fsp3) is 0.375.